The molecule has 0 bridgehead atoms. The molecule has 0 aliphatic carbocycles. The number of ether oxygens (including phenoxy) is 1. The summed E-state index contributed by atoms with van der Waals surface area (Å²) in [4.78, 5) is 24.6. The van der Waals surface area contributed by atoms with Crippen LogP contribution in [0.2, 0.25) is 0 Å². The molecule has 21 heavy (non-hydrogen) atoms. The van der Waals surface area contributed by atoms with Crippen LogP contribution in [0.1, 0.15) is 31.7 Å². The first-order valence-corrected chi connectivity index (χ1v) is 7.09. The summed E-state index contributed by atoms with van der Waals surface area (Å²) in [6, 6.07) is 5.50. The van der Waals surface area contributed by atoms with E-state index < -0.39 is 12.1 Å². The maximum absolute atomic E-state index is 12.4. The summed E-state index contributed by atoms with van der Waals surface area (Å²) in [6.07, 6.45) is 0.503. The van der Waals surface area contributed by atoms with Crippen molar-refractivity contribution in [3.8, 4) is 5.75 Å². The summed E-state index contributed by atoms with van der Waals surface area (Å²) in [5.41, 5.74) is 7.25. The Hall–Kier alpha value is -2.08. The van der Waals surface area contributed by atoms with Crippen LogP contribution in [0.4, 0.5) is 5.69 Å². The van der Waals surface area contributed by atoms with Crippen molar-refractivity contribution in [2.75, 3.05) is 11.4 Å². The van der Waals surface area contributed by atoms with Crippen LogP contribution in [-0.4, -0.2) is 29.6 Å². The number of aliphatic carboxylic acids is 1. The number of carbonyl (C=O) groups is 2. The van der Waals surface area contributed by atoms with E-state index in [1.165, 1.54) is 0 Å². The predicted molar refractivity (Wildman–Crippen MR) is 78.3 cm³/mol. The maximum atomic E-state index is 12.4. The van der Waals surface area contributed by atoms with Crippen LogP contribution in [0.3, 0.4) is 0 Å². The van der Waals surface area contributed by atoms with Crippen LogP contribution in [0.15, 0.2) is 18.2 Å². The molecule has 0 aromatic heterocycles. The Morgan fingerprint density at radius 1 is 1.48 bits per heavy atom. The van der Waals surface area contributed by atoms with Crippen molar-refractivity contribution in [2.24, 2.45) is 5.73 Å². The molecule has 1 amide bonds. The van der Waals surface area contributed by atoms with Crippen molar-refractivity contribution in [3.05, 3.63) is 23.8 Å². The number of nitrogens with two attached hydrogens (primary N) is 1. The molecular formula is C15H20N2O4. The highest BCUT2D eigenvalue weighted by Crippen LogP contribution is 2.35. The zero-order valence-corrected chi connectivity index (χ0v) is 12.0. The summed E-state index contributed by atoms with van der Waals surface area (Å²) >= 11 is 0. The van der Waals surface area contributed by atoms with Gasteiger partial charge >= 0.3 is 5.97 Å². The van der Waals surface area contributed by atoms with Crippen molar-refractivity contribution in [2.45, 2.75) is 38.8 Å². The quantitative estimate of drug-likeness (QED) is 0.829. The summed E-state index contributed by atoms with van der Waals surface area (Å²) in [5.74, 6) is -0.336. The van der Waals surface area contributed by atoms with E-state index in [0.29, 0.717) is 37.4 Å². The van der Waals surface area contributed by atoms with Crippen molar-refractivity contribution >= 4 is 17.6 Å². The van der Waals surface area contributed by atoms with Gasteiger partial charge in [0.2, 0.25) is 0 Å². The number of carboxylic acids is 1. The van der Waals surface area contributed by atoms with Crippen molar-refractivity contribution in [1.82, 2.24) is 0 Å². The van der Waals surface area contributed by atoms with Crippen molar-refractivity contribution < 1.29 is 19.4 Å². The Morgan fingerprint density at radius 2 is 2.24 bits per heavy atom. The molecule has 2 rings (SSSR count). The Bertz CT molecular complexity index is 544. The Balaban J connectivity index is 2.25. The fourth-order valence-electron chi connectivity index (χ4n) is 2.38. The molecule has 1 aliphatic heterocycles. The van der Waals surface area contributed by atoms with Gasteiger partial charge in [0, 0.05) is 19.5 Å². The fourth-order valence-corrected chi connectivity index (χ4v) is 2.38. The van der Waals surface area contributed by atoms with Gasteiger partial charge < -0.3 is 20.5 Å². The number of anilines is 1. The lowest BCUT2D eigenvalue weighted by Gasteiger charge is -2.34. The highest BCUT2D eigenvalue weighted by molar-refractivity contribution is 6.00. The molecule has 0 saturated heterocycles. The maximum Gasteiger partial charge on any atom is 0.303 e. The van der Waals surface area contributed by atoms with Gasteiger partial charge in [-0.05, 0) is 30.5 Å². The van der Waals surface area contributed by atoms with Crippen LogP contribution >= 0.6 is 0 Å². The third kappa shape index (κ3) is 3.33. The third-order valence-electron chi connectivity index (χ3n) is 3.50. The average molecular weight is 292 g/mol. The largest absolute Gasteiger partial charge is 0.481 e. The average Bonchev–Trinajstić information content (AvgIpc) is 2.48. The monoisotopic (exact) mass is 292 g/mol. The number of amides is 1. The van der Waals surface area contributed by atoms with Gasteiger partial charge in [-0.15, -0.1) is 0 Å². The molecular weight excluding hydrogens is 272 g/mol. The molecule has 0 saturated carbocycles. The number of carboxylic acid groups (broad SMARTS) is 1. The summed E-state index contributed by atoms with van der Waals surface area (Å²) in [7, 11) is 0. The Labute approximate surface area is 123 Å². The first kappa shape index (κ1) is 15.3. The van der Waals surface area contributed by atoms with Crippen LogP contribution in [0, 0.1) is 0 Å². The predicted octanol–water partition coefficient (Wildman–Crippen LogP) is 1.51. The molecule has 1 aliphatic rings. The molecule has 114 valence electrons. The molecule has 1 unspecified atom stereocenters. The molecule has 6 heteroatoms. The second kappa shape index (κ2) is 6.58. The van der Waals surface area contributed by atoms with Gasteiger partial charge in [0.25, 0.3) is 5.91 Å². The highest BCUT2D eigenvalue weighted by atomic mass is 16.5. The van der Waals surface area contributed by atoms with E-state index in [1.54, 1.807) is 4.90 Å². The molecule has 1 aromatic carbocycles. The third-order valence-corrected chi connectivity index (χ3v) is 3.50. The van der Waals surface area contributed by atoms with Gasteiger partial charge in [-0.25, -0.2) is 0 Å². The minimum absolute atomic E-state index is 0.0393. The van der Waals surface area contributed by atoms with Gasteiger partial charge in [0.1, 0.15) is 5.75 Å². The standard InChI is InChI=1S/C15H20N2O4/c1-2-12-15(20)17(7-3-4-14(18)19)11-6-5-10(9-16)8-13(11)21-12/h5-6,8,12H,2-4,7,9,16H2,1H3,(H,18,19). The number of carbonyl (C=O) groups excluding carboxylic acids is 1. The van der Waals surface area contributed by atoms with Gasteiger partial charge in [-0.2, -0.15) is 0 Å². The Morgan fingerprint density at radius 3 is 2.86 bits per heavy atom. The number of hydrogen-bond acceptors (Lipinski definition) is 4. The molecule has 0 spiro atoms. The second-order valence-electron chi connectivity index (χ2n) is 5.01. The smallest absolute Gasteiger partial charge is 0.303 e. The molecule has 0 fully saturated rings. The van der Waals surface area contributed by atoms with E-state index in [0.717, 1.165) is 5.56 Å². The minimum atomic E-state index is -0.860. The van der Waals surface area contributed by atoms with Crippen LogP contribution in [-0.2, 0) is 16.1 Å². The minimum Gasteiger partial charge on any atom is -0.481 e. The topological polar surface area (TPSA) is 92.9 Å². The highest BCUT2D eigenvalue weighted by Gasteiger charge is 2.33. The van der Waals surface area contributed by atoms with E-state index in [2.05, 4.69) is 0 Å². The lowest BCUT2D eigenvalue weighted by Crippen LogP contribution is -2.46. The lowest BCUT2D eigenvalue weighted by molar-refractivity contribution is -0.137. The SMILES string of the molecule is CCC1Oc2cc(CN)ccc2N(CCCC(=O)O)C1=O. The number of hydrogen-bond donors (Lipinski definition) is 2. The molecule has 1 atom stereocenters. The summed E-state index contributed by atoms with van der Waals surface area (Å²) < 4.78 is 5.73. The van der Waals surface area contributed by atoms with E-state index in [4.69, 9.17) is 15.6 Å². The number of rotatable bonds is 6. The molecule has 3 N–H and O–H groups in total. The zero-order chi connectivity index (χ0) is 15.4. The Kier molecular flexibility index (Phi) is 4.80. The van der Waals surface area contributed by atoms with Crippen LogP contribution in [0.25, 0.3) is 0 Å². The van der Waals surface area contributed by atoms with E-state index in [1.807, 2.05) is 25.1 Å². The van der Waals surface area contributed by atoms with Gasteiger partial charge in [0.15, 0.2) is 6.10 Å². The second-order valence-corrected chi connectivity index (χ2v) is 5.01. The first-order valence-electron chi connectivity index (χ1n) is 7.09. The molecule has 6 nitrogen and oxygen atoms in total. The van der Waals surface area contributed by atoms with Gasteiger partial charge in [-0.3, -0.25) is 9.59 Å². The summed E-state index contributed by atoms with van der Waals surface area (Å²) in [5, 5.41) is 8.73. The summed E-state index contributed by atoms with van der Waals surface area (Å²) in [6.45, 7) is 2.66. The molecule has 1 heterocycles. The zero-order valence-electron chi connectivity index (χ0n) is 12.0. The van der Waals surface area contributed by atoms with E-state index in [9.17, 15) is 9.59 Å². The van der Waals surface area contributed by atoms with Gasteiger partial charge in [0.05, 0.1) is 5.69 Å². The van der Waals surface area contributed by atoms with Gasteiger partial charge in [-0.1, -0.05) is 13.0 Å². The molecule has 0 radical (unpaired) electrons. The number of benzene rings is 1. The van der Waals surface area contributed by atoms with Crippen molar-refractivity contribution in [3.63, 3.8) is 0 Å². The van der Waals surface area contributed by atoms with Crippen molar-refractivity contribution in [1.29, 1.82) is 0 Å². The first-order chi connectivity index (χ1) is 10.1. The van der Waals surface area contributed by atoms with Crippen LogP contribution in [0.5, 0.6) is 5.75 Å². The van der Waals surface area contributed by atoms with E-state index >= 15 is 0 Å². The van der Waals surface area contributed by atoms with Crippen LogP contribution < -0.4 is 15.4 Å². The lowest BCUT2D eigenvalue weighted by atomic mass is 10.1. The number of fused-ring (bicyclic) bond motifs is 1. The van der Waals surface area contributed by atoms with E-state index in [-0.39, 0.29) is 12.3 Å². The number of nitrogens with zero attached hydrogens (tertiary/aromatic N) is 1. The molecule has 1 aromatic rings. The normalized spacial score (nSPS) is 17.3. The fraction of sp³-hybridized carbons (Fsp3) is 0.467.